The summed E-state index contributed by atoms with van der Waals surface area (Å²) < 4.78 is 5.60. The maximum Gasteiger partial charge on any atom is 0.329 e. The van der Waals surface area contributed by atoms with Crippen molar-refractivity contribution in [2.75, 3.05) is 13.1 Å². The number of rotatable bonds is 29. The maximum atomic E-state index is 14.1. The monoisotopic (exact) mass is 966 g/mol. The average Bonchev–Trinajstić information content (AvgIpc) is 3.29. The second kappa shape index (κ2) is 29.5. The fourth-order valence-electron chi connectivity index (χ4n) is 7.10. The van der Waals surface area contributed by atoms with Gasteiger partial charge in [0.2, 0.25) is 41.4 Å². The summed E-state index contributed by atoms with van der Waals surface area (Å²) in [4.78, 5) is 119. The summed E-state index contributed by atoms with van der Waals surface area (Å²) in [5.74, 6) is -8.07. The molecule has 2 aromatic rings. The van der Waals surface area contributed by atoms with Gasteiger partial charge in [0.05, 0.1) is 13.1 Å². The Morgan fingerprint density at radius 1 is 0.565 bits per heavy atom. The van der Waals surface area contributed by atoms with Crippen LogP contribution in [0.3, 0.4) is 0 Å². The van der Waals surface area contributed by atoms with E-state index in [2.05, 4.69) is 37.2 Å². The molecule has 0 spiro atoms. The molecule has 0 aliphatic heterocycles. The molecule has 0 saturated carbocycles. The summed E-state index contributed by atoms with van der Waals surface area (Å²) in [5, 5.41) is 27.9. The summed E-state index contributed by atoms with van der Waals surface area (Å²) in [7, 11) is 0. The first kappa shape index (κ1) is 58.7. The zero-order valence-electron chi connectivity index (χ0n) is 41.3. The molecule has 2 rings (SSSR count). The van der Waals surface area contributed by atoms with Crippen molar-refractivity contribution in [1.29, 1.82) is 0 Å². The number of aliphatic carboxylic acids is 1. The Bertz CT molecular complexity index is 2020. The number of hydrogen-bond acceptors (Lipinski definition) is 12. The number of carbonyl (C=O) groups excluding carboxylic acids is 8. The van der Waals surface area contributed by atoms with Crippen LogP contribution in [0, 0.1) is 23.7 Å². The lowest BCUT2D eigenvalue weighted by molar-refractivity contribution is -0.155. The molecule has 0 aliphatic carbocycles. The van der Waals surface area contributed by atoms with Gasteiger partial charge in [0.1, 0.15) is 48.4 Å². The Kier molecular flexibility index (Phi) is 25.1. The van der Waals surface area contributed by atoms with E-state index in [4.69, 9.17) is 16.2 Å². The fourth-order valence-corrected chi connectivity index (χ4v) is 7.10. The topological polar surface area (TPSA) is 319 Å². The number of nitrogens with one attached hydrogen (secondary N) is 7. The Morgan fingerprint density at radius 3 is 1.55 bits per heavy atom. The average molecular weight is 966 g/mol. The Morgan fingerprint density at radius 2 is 1.06 bits per heavy atom. The van der Waals surface area contributed by atoms with Crippen LogP contribution < -0.4 is 48.7 Å². The summed E-state index contributed by atoms with van der Waals surface area (Å²) in [6.45, 7) is 14.7. The van der Waals surface area contributed by atoms with E-state index in [-0.39, 0.29) is 50.0 Å². The predicted octanol–water partition coefficient (Wildman–Crippen LogP) is 0.593. The van der Waals surface area contributed by atoms with E-state index in [1.807, 2.05) is 20.8 Å². The molecule has 69 heavy (non-hydrogen) atoms. The molecule has 9 atom stereocenters. The van der Waals surface area contributed by atoms with Crippen molar-refractivity contribution in [1.82, 2.24) is 37.2 Å². The molecule has 382 valence electrons. The van der Waals surface area contributed by atoms with Gasteiger partial charge in [-0.15, -0.1) is 0 Å². The van der Waals surface area contributed by atoms with Crippen molar-refractivity contribution in [2.24, 2.45) is 35.1 Å². The number of carbonyl (C=O) groups is 9. The highest BCUT2D eigenvalue weighted by Crippen LogP contribution is 2.14. The van der Waals surface area contributed by atoms with Crippen molar-refractivity contribution in [3.63, 3.8) is 0 Å². The van der Waals surface area contributed by atoms with Gasteiger partial charge in [0, 0.05) is 12.8 Å². The number of ether oxygens (including phenoxy) is 1. The number of benzene rings is 2. The Balaban J connectivity index is 2.31. The normalized spacial score (nSPS) is 15.2. The van der Waals surface area contributed by atoms with Gasteiger partial charge < -0.3 is 58.5 Å². The zero-order valence-corrected chi connectivity index (χ0v) is 41.3. The van der Waals surface area contributed by atoms with Crippen molar-refractivity contribution >= 4 is 53.3 Å². The van der Waals surface area contributed by atoms with Crippen LogP contribution in [0.5, 0.6) is 0 Å². The van der Waals surface area contributed by atoms with Crippen LogP contribution in [0.15, 0.2) is 60.7 Å². The SMILES string of the molecule is CC[C@H](C)[C@H](NC(=O)CN)C(=O)N[C@@H](CC(C)C)C(=O)NCC(=O)N[C@@H](Cc1ccccc1)C(=O)N[C@H](C(=O)N[C@H](Cc1ccccc1)C(=O)O[C@H](C)[C@H](N)C(=O)N[C@@H](CC(C)C)C(=O)O)C(C)C. The highest BCUT2D eigenvalue weighted by Gasteiger charge is 2.36. The van der Waals surface area contributed by atoms with E-state index in [1.165, 1.54) is 6.92 Å². The smallest absolute Gasteiger partial charge is 0.329 e. The van der Waals surface area contributed by atoms with Crippen LogP contribution in [0.2, 0.25) is 0 Å². The molecular formula is C49H75N9O11. The van der Waals surface area contributed by atoms with Crippen LogP contribution in [-0.2, 0) is 60.7 Å². The largest absolute Gasteiger partial charge is 0.480 e. The molecule has 12 N–H and O–H groups in total. The van der Waals surface area contributed by atoms with Crippen LogP contribution in [0.4, 0.5) is 0 Å². The first-order valence-corrected chi connectivity index (χ1v) is 23.5. The van der Waals surface area contributed by atoms with Crippen molar-refractivity contribution < 1.29 is 53.0 Å². The second-order valence-electron chi connectivity index (χ2n) is 18.5. The van der Waals surface area contributed by atoms with Gasteiger partial charge >= 0.3 is 11.9 Å². The molecule has 20 nitrogen and oxygen atoms in total. The van der Waals surface area contributed by atoms with Crippen LogP contribution in [0.1, 0.15) is 92.7 Å². The summed E-state index contributed by atoms with van der Waals surface area (Å²) in [5.41, 5.74) is 12.9. The quantitative estimate of drug-likeness (QED) is 0.0500. The van der Waals surface area contributed by atoms with E-state index in [1.54, 1.807) is 95.3 Å². The molecule has 0 aliphatic rings. The highest BCUT2D eigenvalue weighted by molar-refractivity contribution is 5.96. The van der Waals surface area contributed by atoms with Crippen LogP contribution in [0.25, 0.3) is 0 Å². The highest BCUT2D eigenvalue weighted by atomic mass is 16.5. The minimum Gasteiger partial charge on any atom is -0.480 e. The van der Waals surface area contributed by atoms with E-state index < -0.39 is 114 Å². The maximum absolute atomic E-state index is 14.1. The fraction of sp³-hybridized carbons (Fsp3) is 0.571. The molecule has 0 heterocycles. The number of nitrogens with two attached hydrogens (primary N) is 2. The Hall–Kier alpha value is -6.41. The first-order valence-electron chi connectivity index (χ1n) is 23.5. The Labute approximate surface area is 405 Å². The molecule has 0 saturated heterocycles. The molecular weight excluding hydrogens is 891 g/mol. The molecule has 0 radical (unpaired) electrons. The van der Waals surface area contributed by atoms with Gasteiger partial charge in [-0.25, -0.2) is 9.59 Å². The lowest BCUT2D eigenvalue weighted by Crippen LogP contribution is -2.59. The van der Waals surface area contributed by atoms with Crippen LogP contribution >= 0.6 is 0 Å². The second-order valence-corrected chi connectivity index (χ2v) is 18.5. The number of amides is 7. The van der Waals surface area contributed by atoms with E-state index >= 15 is 0 Å². The molecule has 0 bridgehead atoms. The van der Waals surface area contributed by atoms with Crippen molar-refractivity contribution in [3.8, 4) is 0 Å². The van der Waals surface area contributed by atoms with Gasteiger partial charge in [0.25, 0.3) is 0 Å². The van der Waals surface area contributed by atoms with E-state index in [0.29, 0.717) is 17.5 Å². The van der Waals surface area contributed by atoms with E-state index in [9.17, 15) is 48.3 Å². The minimum absolute atomic E-state index is 0.0181. The van der Waals surface area contributed by atoms with Crippen molar-refractivity contribution in [3.05, 3.63) is 71.8 Å². The van der Waals surface area contributed by atoms with E-state index in [0.717, 1.165) is 0 Å². The lowest BCUT2D eigenvalue weighted by atomic mass is 9.96. The van der Waals surface area contributed by atoms with Crippen LogP contribution in [-0.4, -0.2) is 120 Å². The summed E-state index contributed by atoms with van der Waals surface area (Å²) in [6, 6.07) is 8.88. The van der Waals surface area contributed by atoms with Gasteiger partial charge in [-0.1, -0.05) is 122 Å². The van der Waals surface area contributed by atoms with Gasteiger partial charge in [0.15, 0.2) is 0 Å². The number of carboxylic acids is 1. The molecule has 0 unspecified atom stereocenters. The lowest BCUT2D eigenvalue weighted by Gasteiger charge is -2.28. The molecule has 20 heteroatoms. The number of hydrogen-bond donors (Lipinski definition) is 10. The van der Waals surface area contributed by atoms with Gasteiger partial charge in [-0.05, 0) is 54.6 Å². The molecule has 2 aromatic carbocycles. The summed E-state index contributed by atoms with van der Waals surface area (Å²) >= 11 is 0. The zero-order chi connectivity index (χ0) is 52.0. The third kappa shape index (κ3) is 20.8. The summed E-state index contributed by atoms with van der Waals surface area (Å²) in [6.07, 6.45) is -0.445. The van der Waals surface area contributed by atoms with Gasteiger partial charge in [-0.3, -0.25) is 33.6 Å². The number of carboxylic acid groups (broad SMARTS) is 1. The van der Waals surface area contributed by atoms with Crippen molar-refractivity contribution in [2.45, 2.75) is 143 Å². The number of esters is 1. The standard InChI is InChI=1S/C49H75N9O11/c1-10-30(8)42(57-38(59)25-50)47(65)54-34(21-27(2)3)43(61)52-26-39(60)53-35(23-32-17-13-11-14-18-32)44(62)58-41(29(6)7)46(64)56-37(24-33-19-15-12-16-20-33)49(68)69-31(9)40(51)45(63)55-36(48(66)67)22-28(4)5/h11-20,27-31,34-37,40-42H,10,21-26,50-51H2,1-9H3,(H,52,61)(H,53,60)(H,54,65)(H,55,63)(H,56,64)(H,57,59)(H,58,62)(H,66,67)/t30-,31+,34-,35-,36-,37+,40-,41-,42-/m0/s1. The minimum atomic E-state index is -1.46. The molecule has 0 aromatic heterocycles. The third-order valence-corrected chi connectivity index (χ3v) is 11.3. The van der Waals surface area contributed by atoms with Gasteiger partial charge in [-0.2, -0.15) is 0 Å². The molecule has 7 amide bonds. The first-order chi connectivity index (χ1) is 32.5. The predicted molar refractivity (Wildman–Crippen MR) is 258 cm³/mol. The molecule has 0 fully saturated rings. The third-order valence-electron chi connectivity index (χ3n) is 11.3.